The van der Waals surface area contributed by atoms with Crippen LogP contribution in [0.5, 0.6) is 0 Å². The van der Waals surface area contributed by atoms with Gasteiger partial charge in [0.15, 0.2) is 11.6 Å². The third-order valence-corrected chi connectivity index (χ3v) is 6.09. The van der Waals surface area contributed by atoms with Crippen molar-refractivity contribution >= 4 is 67.9 Å². The van der Waals surface area contributed by atoms with Crippen LogP contribution in [0.25, 0.3) is 11.3 Å². The van der Waals surface area contributed by atoms with Crippen molar-refractivity contribution in [3.8, 4) is 0 Å². The van der Waals surface area contributed by atoms with Gasteiger partial charge in [-0.1, -0.05) is 40.9 Å². The van der Waals surface area contributed by atoms with Gasteiger partial charge in [0.2, 0.25) is 5.78 Å². The summed E-state index contributed by atoms with van der Waals surface area (Å²) in [6.07, 6.45) is 1.27. The monoisotopic (exact) mass is 592 g/mol. The third-order valence-electron chi connectivity index (χ3n) is 4.38. The molecule has 0 saturated heterocycles. The Bertz CT molecular complexity index is 1260. The number of carbonyl (C=O) groups excluding carboxylic acids is 2. The lowest BCUT2D eigenvalue weighted by Crippen LogP contribution is -2.37. The van der Waals surface area contributed by atoms with E-state index in [9.17, 15) is 31.2 Å². The number of hydrogen-bond acceptors (Lipinski definition) is 7. The molecule has 0 atom stereocenters. The number of aromatic nitrogens is 2. The zero-order chi connectivity index (χ0) is 27.5. The molecule has 0 fully saturated rings. The van der Waals surface area contributed by atoms with E-state index in [-0.39, 0.29) is 42.1 Å². The predicted molar refractivity (Wildman–Crippen MR) is 129 cm³/mol. The number of sulfonamides is 1. The first kappa shape index (κ1) is 30.4. The fourth-order valence-corrected chi connectivity index (χ4v) is 3.83. The maximum Gasteiger partial charge on any atom is 0.511 e. The molecule has 2 aromatic rings. The van der Waals surface area contributed by atoms with E-state index < -0.39 is 37.3 Å². The van der Waals surface area contributed by atoms with Crippen LogP contribution >= 0.6 is 34.8 Å². The summed E-state index contributed by atoms with van der Waals surface area (Å²) < 4.78 is 60.2. The van der Waals surface area contributed by atoms with Gasteiger partial charge in [0.25, 0.3) is 3.79 Å². The van der Waals surface area contributed by atoms with Gasteiger partial charge in [-0.3, -0.25) is 14.0 Å². The second-order valence-corrected chi connectivity index (χ2v) is 12.4. The fourth-order valence-electron chi connectivity index (χ4n) is 2.96. The molecule has 2 heterocycles. The van der Waals surface area contributed by atoms with Crippen LogP contribution < -0.4 is 4.72 Å². The normalized spacial score (nSPS) is 13.0. The van der Waals surface area contributed by atoms with Gasteiger partial charge in [-0.25, -0.2) is 28.0 Å². The number of nitrogens with zero attached hydrogens (tertiary/aromatic N) is 3. The highest BCUT2D eigenvalue weighted by Crippen LogP contribution is 2.32. The van der Waals surface area contributed by atoms with E-state index in [0.717, 1.165) is 5.06 Å². The Morgan fingerprint density at radius 2 is 1.81 bits per heavy atom. The van der Waals surface area contributed by atoms with Gasteiger partial charge in [-0.15, -0.1) is 0 Å². The van der Waals surface area contributed by atoms with E-state index in [2.05, 4.69) is 4.98 Å². The molecule has 2 rings (SSSR count). The summed E-state index contributed by atoms with van der Waals surface area (Å²) in [4.78, 5) is 34.7. The number of rotatable bonds is 10. The Kier molecular flexibility index (Phi) is 9.50. The molecule has 0 aliphatic rings. The van der Waals surface area contributed by atoms with Crippen molar-refractivity contribution in [2.75, 3.05) is 13.1 Å². The van der Waals surface area contributed by atoms with Gasteiger partial charge < -0.3 is 0 Å². The molecule has 0 aliphatic heterocycles. The standard InChI is InChI=1S/C20H22Cl3F3N4O5S/c1-18(2,3)35-29(10-5-4-9-28-36(33,34)20(24,25)26)15(12-31)13-7-6-8-16-27-11-14(30(13)16)17(32)19(21,22)23/h6-8,11,28H,4-5,9-10H2,1-3H3. The van der Waals surface area contributed by atoms with Crippen LogP contribution in [0.3, 0.4) is 0 Å². The molecule has 0 aliphatic carbocycles. The highest BCUT2D eigenvalue weighted by atomic mass is 35.6. The number of hydrogen-bond donors (Lipinski definition) is 1. The maximum atomic E-state index is 12.7. The van der Waals surface area contributed by atoms with Crippen LogP contribution in [-0.2, 0) is 19.7 Å². The van der Waals surface area contributed by atoms with Crippen molar-refractivity contribution < 1.29 is 36.0 Å². The lowest BCUT2D eigenvalue weighted by Gasteiger charge is -2.31. The summed E-state index contributed by atoms with van der Waals surface area (Å²) in [5.74, 6) is 0.857. The number of halogens is 6. The number of alkyl halides is 6. The molecule has 0 bridgehead atoms. The number of fused-ring (bicyclic) bond motifs is 1. The first-order chi connectivity index (χ1) is 16.4. The minimum absolute atomic E-state index is 0.0161. The Labute approximate surface area is 220 Å². The fraction of sp³-hybridized carbons (Fsp3) is 0.500. The van der Waals surface area contributed by atoms with Crippen molar-refractivity contribution in [1.82, 2.24) is 19.2 Å². The zero-order valence-electron chi connectivity index (χ0n) is 19.2. The van der Waals surface area contributed by atoms with E-state index in [1.807, 2.05) is 0 Å². The highest BCUT2D eigenvalue weighted by Gasteiger charge is 2.45. The number of nitrogens with one attached hydrogen (secondary N) is 1. The van der Waals surface area contributed by atoms with Gasteiger partial charge in [0, 0.05) is 13.1 Å². The summed E-state index contributed by atoms with van der Waals surface area (Å²) >= 11 is 17.3. The number of Topliss-reactive ketones (excluding diaryl/α,β-unsaturated/α-hetero) is 1. The van der Waals surface area contributed by atoms with Crippen molar-refractivity contribution in [3.05, 3.63) is 35.8 Å². The van der Waals surface area contributed by atoms with Gasteiger partial charge in [-0.2, -0.15) is 13.2 Å². The number of imidazole rings is 1. The van der Waals surface area contributed by atoms with E-state index in [1.54, 1.807) is 38.8 Å². The molecule has 2 aromatic heterocycles. The Morgan fingerprint density at radius 3 is 2.33 bits per heavy atom. The molecule has 16 heteroatoms. The molecule has 9 nitrogen and oxygen atoms in total. The minimum Gasteiger partial charge on any atom is -0.288 e. The summed E-state index contributed by atoms with van der Waals surface area (Å²) in [7, 11) is -5.47. The smallest absolute Gasteiger partial charge is 0.288 e. The van der Waals surface area contributed by atoms with Gasteiger partial charge in [0.1, 0.15) is 11.3 Å². The van der Waals surface area contributed by atoms with Crippen LogP contribution in [0.4, 0.5) is 13.2 Å². The number of hydroxylamine groups is 2. The Balaban J connectivity index is 2.36. The SMILES string of the molecule is CC(C)(C)ON(CCCCNS(=O)(=O)C(F)(F)F)C(=C=O)c1cccc2ncc(C(=O)C(Cl)(Cl)Cl)n12. The molecule has 0 spiro atoms. The molecule has 0 saturated carbocycles. The highest BCUT2D eigenvalue weighted by molar-refractivity contribution is 7.90. The molecule has 200 valence electrons. The topological polar surface area (TPSA) is 110 Å². The summed E-state index contributed by atoms with van der Waals surface area (Å²) in [6, 6.07) is 4.57. The average molecular weight is 594 g/mol. The second kappa shape index (κ2) is 11.3. The molecule has 0 unspecified atom stereocenters. The largest absolute Gasteiger partial charge is 0.511 e. The van der Waals surface area contributed by atoms with E-state index in [4.69, 9.17) is 39.6 Å². The lowest BCUT2D eigenvalue weighted by atomic mass is 10.2. The zero-order valence-corrected chi connectivity index (χ0v) is 22.3. The minimum atomic E-state index is -5.47. The van der Waals surface area contributed by atoms with Crippen LogP contribution in [0, 0.1) is 0 Å². The molecule has 1 N–H and O–H groups in total. The molecule has 0 radical (unpaired) electrons. The van der Waals surface area contributed by atoms with Gasteiger partial charge in [0.05, 0.1) is 17.5 Å². The Hall–Kier alpha value is -1.86. The maximum absolute atomic E-state index is 12.7. The number of ketones is 1. The number of carbonyl (C=O) groups is 1. The van der Waals surface area contributed by atoms with E-state index >= 15 is 0 Å². The van der Waals surface area contributed by atoms with Crippen molar-refractivity contribution in [3.63, 3.8) is 0 Å². The second-order valence-electron chi connectivity index (χ2n) is 8.38. The van der Waals surface area contributed by atoms with Crippen molar-refractivity contribution in [2.24, 2.45) is 0 Å². The van der Waals surface area contributed by atoms with Crippen LogP contribution in [0.2, 0.25) is 0 Å². The number of unbranched alkanes of at least 4 members (excludes halogenated alkanes) is 1. The summed E-state index contributed by atoms with van der Waals surface area (Å²) in [5.41, 5.74) is -6.21. The molecule has 0 amide bonds. The quantitative estimate of drug-likeness (QED) is 0.144. The van der Waals surface area contributed by atoms with Crippen molar-refractivity contribution in [2.45, 2.75) is 48.5 Å². The predicted octanol–water partition coefficient (Wildman–Crippen LogP) is 4.31. The first-order valence-corrected chi connectivity index (χ1v) is 12.9. The summed E-state index contributed by atoms with van der Waals surface area (Å²) in [6.45, 7) is 4.53. The number of pyridine rings is 1. The van der Waals surface area contributed by atoms with Crippen molar-refractivity contribution in [1.29, 1.82) is 0 Å². The van der Waals surface area contributed by atoms with Gasteiger partial charge in [-0.05, 0) is 45.7 Å². The molecule has 36 heavy (non-hydrogen) atoms. The average Bonchev–Trinajstić information content (AvgIpc) is 3.15. The third kappa shape index (κ3) is 7.58. The molecular formula is C20H22Cl3F3N4O5S. The summed E-state index contributed by atoms with van der Waals surface area (Å²) in [5, 5.41) is 1.16. The van der Waals surface area contributed by atoms with E-state index in [0.29, 0.717) is 0 Å². The van der Waals surface area contributed by atoms with Crippen LogP contribution in [0.15, 0.2) is 24.4 Å². The van der Waals surface area contributed by atoms with Gasteiger partial charge >= 0.3 is 15.5 Å². The van der Waals surface area contributed by atoms with Crippen LogP contribution in [0.1, 0.15) is 49.8 Å². The van der Waals surface area contributed by atoms with Crippen LogP contribution in [-0.4, -0.2) is 62.6 Å². The Morgan fingerprint density at radius 1 is 1.17 bits per heavy atom. The molecule has 0 aromatic carbocycles. The lowest BCUT2D eigenvalue weighted by molar-refractivity contribution is -0.189. The molecular weight excluding hydrogens is 572 g/mol. The van der Waals surface area contributed by atoms with E-state index in [1.165, 1.54) is 21.4 Å². The first-order valence-electron chi connectivity index (χ1n) is 10.2.